The topological polar surface area (TPSA) is 26.0 Å². The Balaban J connectivity index is 0. The van der Waals surface area contributed by atoms with Crippen molar-refractivity contribution >= 4 is 12.4 Å². The monoisotopic (exact) mass is 137 g/mol. The molecular weight excluding hydrogens is 122 g/mol. The Labute approximate surface area is 58.1 Å². The van der Waals surface area contributed by atoms with E-state index in [-0.39, 0.29) is 12.4 Å². The summed E-state index contributed by atoms with van der Waals surface area (Å²) in [5, 5.41) is 0. The maximum absolute atomic E-state index is 5.48. The molecule has 52 valence electrons. The normalized spacial score (nSPS) is 12.4. The Morgan fingerprint density at radius 2 is 2.00 bits per heavy atom. The van der Waals surface area contributed by atoms with Crippen molar-refractivity contribution in [3.63, 3.8) is 0 Å². The third kappa shape index (κ3) is 9.54. The summed E-state index contributed by atoms with van der Waals surface area (Å²) in [4.78, 5) is 0. The minimum Gasteiger partial charge on any atom is -0.328 e. The van der Waals surface area contributed by atoms with E-state index in [1.807, 2.05) is 0 Å². The summed E-state index contributed by atoms with van der Waals surface area (Å²) in [6.07, 6.45) is 3.72. The highest BCUT2D eigenvalue weighted by molar-refractivity contribution is 5.85. The lowest BCUT2D eigenvalue weighted by atomic mass is 10.2. The average Bonchev–Trinajstić information content (AvgIpc) is 1.61. The van der Waals surface area contributed by atoms with Gasteiger partial charge in [0.05, 0.1) is 0 Å². The van der Waals surface area contributed by atoms with Crippen LogP contribution in [0.5, 0.6) is 0 Å². The molecule has 1 atom stereocenters. The van der Waals surface area contributed by atoms with E-state index in [0.717, 1.165) is 0 Å². The largest absolute Gasteiger partial charge is 0.328 e. The van der Waals surface area contributed by atoms with E-state index in [1.165, 1.54) is 19.3 Å². The van der Waals surface area contributed by atoms with Crippen molar-refractivity contribution in [2.24, 2.45) is 5.73 Å². The molecule has 0 aliphatic carbocycles. The Morgan fingerprint density at radius 1 is 1.50 bits per heavy atom. The zero-order valence-electron chi connectivity index (χ0n) is 5.68. The fourth-order valence-electron chi connectivity index (χ4n) is 0.526. The Hall–Kier alpha value is 0.250. The van der Waals surface area contributed by atoms with Gasteiger partial charge < -0.3 is 5.73 Å². The summed E-state index contributed by atoms with van der Waals surface area (Å²) in [5.41, 5.74) is 5.48. The standard InChI is InChI=1S/C6H15N.ClH/c1-3-4-5-6(2)7;/h6H,3-5,7H2,1-2H3;1H/t6-;/m0./s1. The molecule has 0 heterocycles. The second-order valence-electron chi connectivity index (χ2n) is 2.12. The van der Waals surface area contributed by atoms with Crippen LogP contribution >= 0.6 is 12.4 Å². The highest BCUT2D eigenvalue weighted by Gasteiger charge is 1.88. The van der Waals surface area contributed by atoms with Crippen molar-refractivity contribution in [1.29, 1.82) is 0 Å². The van der Waals surface area contributed by atoms with Crippen LogP contribution < -0.4 is 5.73 Å². The van der Waals surface area contributed by atoms with Crippen molar-refractivity contribution < 1.29 is 0 Å². The summed E-state index contributed by atoms with van der Waals surface area (Å²) in [6.45, 7) is 4.23. The molecule has 1 nitrogen and oxygen atoms in total. The van der Waals surface area contributed by atoms with Crippen LogP contribution in [0.4, 0.5) is 0 Å². The first kappa shape index (κ1) is 11.1. The van der Waals surface area contributed by atoms with Gasteiger partial charge in [0.1, 0.15) is 0 Å². The van der Waals surface area contributed by atoms with Gasteiger partial charge >= 0.3 is 0 Å². The van der Waals surface area contributed by atoms with E-state index >= 15 is 0 Å². The average molecular weight is 138 g/mol. The van der Waals surface area contributed by atoms with E-state index in [9.17, 15) is 0 Å². The van der Waals surface area contributed by atoms with Crippen LogP contribution in [0.1, 0.15) is 33.1 Å². The van der Waals surface area contributed by atoms with Crippen LogP contribution in [0.15, 0.2) is 0 Å². The second kappa shape index (κ2) is 7.25. The molecule has 8 heavy (non-hydrogen) atoms. The molecule has 0 aliphatic heterocycles. The molecule has 0 bridgehead atoms. The number of hydrogen-bond donors (Lipinski definition) is 1. The van der Waals surface area contributed by atoms with Gasteiger partial charge in [-0.1, -0.05) is 19.8 Å². The summed E-state index contributed by atoms with van der Waals surface area (Å²) >= 11 is 0. The van der Waals surface area contributed by atoms with Gasteiger partial charge in [-0.25, -0.2) is 0 Å². The first-order chi connectivity index (χ1) is 3.27. The number of rotatable bonds is 3. The SMILES string of the molecule is CCCC[C@H](C)N.Cl. The Kier molecular flexibility index (Phi) is 10.1. The van der Waals surface area contributed by atoms with Gasteiger partial charge in [0, 0.05) is 6.04 Å². The molecule has 2 N–H and O–H groups in total. The van der Waals surface area contributed by atoms with Gasteiger partial charge in [0.15, 0.2) is 0 Å². The fraction of sp³-hybridized carbons (Fsp3) is 1.00. The molecule has 0 saturated heterocycles. The lowest BCUT2D eigenvalue weighted by molar-refractivity contribution is 0.616. The fourth-order valence-corrected chi connectivity index (χ4v) is 0.526. The Morgan fingerprint density at radius 3 is 2.12 bits per heavy atom. The number of unbranched alkanes of at least 4 members (excludes halogenated alkanes) is 1. The van der Waals surface area contributed by atoms with Gasteiger partial charge in [0.25, 0.3) is 0 Å². The Bertz CT molecular complexity index is 37.5. The van der Waals surface area contributed by atoms with E-state index in [4.69, 9.17) is 5.73 Å². The van der Waals surface area contributed by atoms with E-state index in [2.05, 4.69) is 13.8 Å². The molecule has 0 unspecified atom stereocenters. The third-order valence-electron chi connectivity index (χ3n) is 1.01. The lowest BCUT2D eigenvalue weighted by Gasteiger charge is -1.99. The van der Waals surface area contributed by atoms with Crippen molar-refractivity contribution in [1.82, 2.24) is 0 Å². The predicted octanol–water partition coefficient (Wildman–Crippen LogP) is 1.95. The van der Waals surface area contributed by atoms with E-state index in [1.54, 1.807) is 0 Å². The molecular formula is C6H16ClN. The minimum absolute atomic E-state index is 0. The number of halogens is 1. The number of hydrogen-bond acceptors (Lipinski definition) is 1. The van der Waals surface area contributed by atoms with Crippen molar-refractivity contribution in [3.8, 4) is 0 Å². The molecule has 0 fully saturated rings. The molecule has 0 aromatic rings. The summed E-state index contributed by atoms with van der Waals surface area (Å²) in [7, 11) is 0. The van der Waals surface area contributed by atoms with Gasteiger partial charge in [-0.05, 0) is 13.3 Å². The summed E-state index contributed by atoms with van der Waals surface area (Å²) < 4.78 is 0. The van der Waals surface area contributed by atoms with Crippen molar-refractivity contribution in [2.45, 2.75) is 39.2 Å². The van der Waals surface area contributed by atoms with Crippen molar-refractivity contribution in [3.05, 3.63) is 0 Å². The molecule has 0 aromatic carbocycles. The molecule has 0 amide bonds. The van der Waals surface area contributed by atoms with Crippen LogP contribution in [0.3, 0.4) is 0 Å². The van der Waals surface area contributed by atoms with Gasteiger partial charge in [-0.2, -0.15) is 0 Å². The highest BCUT2D eigenvalue weighted by atomic mass is 35.5. The van der Waals surface area contributed by atoms with E-state index in [0.29, 0.717) is 6.04 Å². The van der Waals surface area contributed by atoms with Crippen LogP contribution in [0, 0.1) is 0 Å². The predicted molar refractivity (Wildman–Crippen MR) is 40.4 cm³/mol. The van der Waals surface area contributed by atoms with Crippen molar-refractivity contribution in [2.75, 3.05) is 0 Å². The van der Waals surface area contributed by atoms with Crippen LogP contribution in [-0.2, 0) is 0 Å². The first-order valence-corrected chi connectivity index (χ1v) is 3.03. The molecule has 2 heteroatoms. The van der Waals surface area contributed by atoms with Gasteiger partial charge in [0.2, 0.25) is 0 Å². The molecule has 0 radical (unpaired) electrons. The van der Waals surface area contributed by atoms with Crippen LogP contribution in [-0.4, -0.2) is 6.04 Å². The zero-order valence-corrected chi connectivity index (χ0v) is 6.50. The third-order valence-corrected chi connectivity index (χ3v) is 1.01. The lowest BCUT2D eigenvalue weighted by Crippen LogP contribution is -2.13. The quantitative estimate of drug-likeness (QED) is 0.632. The molecule has 0 saturated carbocycles. The maximum Gasteiger partial charge on any atom is 0.00104 e. The molecule has 0 aromatic heterocycles. The van der Waals surface area contributed by atoms with E-state index < -0.39 is 0 Å². The summed E-state index contributed by atoms with van der Waals surface area (Å²) in [6, 6.07) is 0.403. The number of nitrogens with two attached hydrogens (primary N) is 1. The molecule has 0 aliphatic rings. The first-order valence-electron chi connectivity index (χ1n) is 3.03. The molecule has 0 rings (SSSR count). The minimum atomic E-state index is 0. The molecule has 0 spiro atoms. The summed E-state index contributed by atoms with van der Waals surface area (Å²) in [5.74, 6) is 0. The zero-order chi connectivity index (χ0) is 5.70. The second-order valence-corrected chi connectivity index (χ2v) is 2.12. The van der Waals surface area contributed by atoms with Gasteiger partial charge in [-0.3, -0.25) is 0 Å². The smallest absolute Gasteiger partial charge is 0.00104 e. The van der Waals surface area contributed by atoms with Gasteiger partial charge in [-0.15, -0.1) is 12.4 Å². The maximum atomic E-state index is 5.48. The van der Waals surface area contributed by atoms with Crippen LogP contribution in [0.2, 0.25) is 0 Å². The van der Waals surface area contributed by atoms with Crippen LogP contribution in [0.25, 0.3) is 0 Å². The highest BCUT2D eigenvalue weighted by Crippen LogP contribution is 1.95.